The fourth-order valence-corrected chi connectivity index (χ4v) is 1.81. The first-order valence-corrected chi connectivity index (χ1v) is 5.27. The van der Waals surface area contributed by atoms with E-state index in [4.69, 9.17) is 4.74 Å². The Morgan fingerprint density at radius 2 is 2.24 bits per heavy atom. The molecule has 5 heteroatoms. The number of carboxylic acid groups (broad SMARTS) is 1. The molecular weight excluding hydrogens is 222 g/mol. The van der Waals surface area contributed by atoms with Crippen LogP contribution in [0.1, 0.15) is 12.5 Å². The van der Waals surface area contributed by atoms with Crippen molar-refractivity contribution in [1.82, 2.24) is 0 Å². The third kappa shape index (κ3) is 1.95. The summed E-state index contributed by atoms with van der Waals surface area (Å²) in [5.41, 5.74) is 1.41. The van der Waals surface area contributed by atoms with Crippen molar-refractivity contribution >= 4 is 17.6 Å². The highest BCUT2D eigenvalue weighted by Crippen LogP contribution is 2.33. The van der Waals surface area contributed by atoms with Crippen LogP contribution in [-0.2, 0) is 9.59 Å². The summed E-state index contributed by atoms with van der Waals surface area (Å²) < 4.78 is 5.25. The number of fused-ring (bicyclic) bond motifs is 1. The third-order valence-electron chi connectivity index (χ3n) is 2.72. The van der Waals surface area contributed by atoms with Gasteiger partial charge in [-0.1, -0.05) is 6.07 Å². The van der Waals surface area contributed by atoms with Crippen LogP contribution in [0.3, 0.4) is 0 Å². The summed E-state index contributed by atoms with van der Waals surface area (Å²) in [6.07, 6.45) is 0. The van der Waals surface area contributed by atoms with E-state index in [0.717, 1.165) is 5.56 Å². The molecule has 0 unspecified atom stereocenters. The van der Waals surface area contributed by atoms with E-state index in [1.54, 1.807) is 12.1 Å². The fraction of sp³-hybridized carbons (Fsp3) is 0.333. The van der Waals surface area contributed by atoms with E-state index in [1.807, 2.05) is 13.0 Å². The van der Waals surface area contributed by atoms with Crippen LogP contribution in [0, 0.1) is 6.92 Å². The van der Waals surface area contributed by atoms with Gasteiger partial charge in [0.1, 0.15) is 5.75 Å². The number of carboxylic acids is 1. The summed E-state index contributed by atoms with van der Waals surface area (Å²) in [7, 11) is 0. The number of amides is 1. The zero-order valence-electron chi connectivity index (χ0n) is 9.60. The van der Waals surface area contributed by atoms with Crippen molar-refractivity contribution in [2.24, 2.45) is 0 Å². The minimum atomic E-state index is -1.28. The van der Waals surface area contributed by atoms with Gasteiger partial charge in [0.05, 0.1) is 17.7 Å². The molecule has 0 aliphatic carbocycles. The average molecular weight is 234 g/mol. The van der Waals surface area contributed by atoms with Crippen molar-refractivity contribution in [3.8, 4) is 5.75 Å². The predicted octanol–water partition coefficient (Wildman–Crippen LogP) is -0.141. The maximum absolute atomic E-state index is 11.7. The summed E-state index contributed by atoms with van der Waals surface area (Å²) >= 11 is 0. The second-order valence-electron chi connectivity index (χ2n) is 4.02. The maximum atomic E-state index is 11.7. The summed E-state index contributed by atoms with van der Waals surface area (Å²) in [6.45, 7) is 3.14. The molecule has 0 fully saturated rings. The molecule has 1 amide bonds. The van der Waals surface area contributed by atoms with Gasteiger partial charge in [0.25, 0.3) is 5.91 Å². The highest BCUT2D eigenvalue weighted by atomic mass is 16.5. The van der Waals surface area contributed by atoms with Crippen LogP contribution < -0.4 is 14.7 Å². The molecule has 1 aliphatic heterocycles. The molecule has 2 rings (SSSR count). The van der Waals surface area contributed by atoms with Crippen LogP contribution in [0.2, 0.25) is 0 Å². The molecule has 0 aromatic heterocycles. The lowest BCUT2D eigenvalue weighted by Gasteiger charge is -2.34. The lowest BCUT2D eigenvalue weighted by Crippen LogP contribution is -2.52. The molecule has 0 saturated carbocycles. The minimum Gasteiger partial charge on any atom is -0.548 e. The molecule has 5 nitrogen and oxygen atoms in total. The molecule has 1 aliphatic rings. The number of hydrogen-bond acceptors (Lipinski definition) is 4. The molecule has 1 atom stereocenters. The first-order valence-electron chi connectivity index (χ1n) is 5.27. The van der Waals surface area contributed by atoms with Crippen LogP contribution >= 0.6 is 0 Å². The van der Waals surface area contributed by atoms with Crippen molar-refractivity contribution in [3.05, 3.63) is 23.8 Å². The van der Waals surface area contributed by atoms with Crippen molar-refractivity contribution in [1.29, 1.82) is 0 Å². The number of aryl methyl sites for hydroxylation is 1. The number of ether oxygens (including phenoxy) is 1. The molecule has 1 heterocycles. The van der Waals surface area contributed by atoms with E-state index in [9.17, 15) is 14.7 Å². The zero-order valence-corrected chi connectivity index (χ0v) is 9.60. The van der Waals surface area contributed by atoms with Gasteiger partial charge in [-0.05, 0) is 31.5 Å². The van der Waals surface area contributed by atoms with Crippen molar-refractivity contribution < 1.29 is 19.4 Å². The normalized spacial score (nSPS) is 16.1. The predicted molar refractivity (Wildman–Crippen MR) is 58.6 cm³/mol. The zero-order chi connectivity index (χ0) is 12.6. The van der Waals surface area contributed by atoms with Gasteiger partial charge >= 0.3 is 0 Å². The second-order valence-corrected chi connectivity index (χ2v) is 4.02. The Bertz CT molecular complexity index is 483. The Balaban J connectivity index is 2.49. The van der Waals surface area contributed by atoms with E-state index in [1.165, 1.54) is 11.8 Å². The standard InChI is InChI=1S/C12H13NO4/c1-7-3-4-10-9(5-7)13(8(2)12(15)16)11(14)6-17-10/h3-5,8H,6H2,1-2H3,(H,15,16)/p-1/t8-/m0/s1. The molecule has 0 spiro atoms. The molecule has 1 aromatic carbocycles. The topological polar surface area (TPSA) is 69.7 Å². The van der Waals surface area contributed by atoms with Crippen molar-refractivity contribution in [3.63, 3.8) is 0 Å². The van der Waals surface area contributed by atoms with Gasteiger partial charge < -0.3 is 14.6 Å². The highest BCUT2D eigenvalue weighted by molar-refractivity contribution is 6.02. The number of nitrogens with zero attached hydrogens (tertiary/aromatic N) is 1. The van der Waals surface area contributed by atoms with Gasteiger partial charge in [0.2, 0.25) is 0 Å². The Morgan fingerprint density at radius 1 is 1.53 bits per heavy atom. The molecule has 0 radical (unpaired) electrons. The Hall–Kier alpha value is -2.04. The molecular formula is C12H12NO4-. The number of hydrogen-bond donors (Lipinski definition) is 0. The van der Waals surface area contributed by atoms with E-state index < -0.39 is 12.0 Å². The molecule has 90 valence electrons. The monoisotopic (exact) mass is 234 g/mol. The number of benzene rings is 1. The van der Waals surface area contributed by atoms with Crippen LogP contribution in [0.25, 0.3) is 0 Å². The number of aliphatic carboxylic acids is 1. The number of carbonyl (C=O) groups is 2. The van der Waals surface area contributed by atoms with Gasteiger partial charge in [-0.2, -0.15) is 0 Å². The number of carbonyl (C=O) groups excluding carboxylic acids is 2. The lowest BCUT2D eigenvalue weighted by molar-refractivity contribution is -0.307. The molecule has 0 bridgehead atoms. The fourth-order valence-electron chi connectivity index (χ4n) is 1.81. The lowest BCUT2D eigenvalue weighted by atomic mass is 10.1. The largest absolute Gasteiger partial charge is 0.548 e. The summed E-state index contributed by atoms with van der Waals surface area (Å²) in [5.74, 6) is -1.14. The van der Waals surface area contributed by atoms with Crippen molar-refractivity contribution in [2.75, 3.05) is 11.5 Å². The number of rotatable bonds is 2. The number of anilines is 1. The maximum Gasteiger partial charge on any atom is 0.265 e. The Morgan fingerprint density at radius 3 is 2.88 bits per heavy atom. The summed E-state index contributed by atoms with van der Waals surface area (Å²) in [5, 5.41) is 10.9. The van der Waals surface area contributed by atoms with Gasteiger partial charge in [0, 0.05) is 0 Å². The van der Waals surface area contributed by atoms with E-state index >= 15 is 0 Å². The van der Waals surface area contributed by atoms with Gasteiger partial charge in [-0.3, -0.25) is 9.69 Å². The van der Waals surface area contributed by atoms with Gasteiger partial charge in [-0.25, -0.2) is 0 Å². The van der Waals surface area contributed by atoms with E-state index in [0.29, 0.717) is 11.4 Å². The first-order chi connectivity index (χ1) is 8.00. The molecule has 1 aromatic rings. The van der Waals surface area contributed by atoms with Crippen LogP contribution in [0.4, 0.5) is 5.69 Å². The van der Waals surface area contributed by atoms with E-state index in [2.05, 4.69) is 0 Å². The average Bonchev–Trinajstić information content (AvgIpc) is 2.27. The van der Waals surface area contributed by atoms with Gasteiger partial charge in [-0.15, -0.1) is 0 Å². The van der Waals surface area contributed by atoms with Crippen molar-refractivity contribution in [2.45, 2.75) is 19.9 Å². The van der Waals surface area contributed by atoms with Crippen LogP contribution in [0.5, 0.6) is 5.75 Å². The van der Waals surface area contributed by atoms with E-state index in [-0.39, 0.29) is 12.5 Å². The molecule has 0 saturated heterocycles. The first kappa shape index (κ1) is 11.4. The summed E-state index contributed by atoms with van der Waals surface area (Å²) in [6, 6.07) is 4.29. The summed E-state index contributed by atoms with van der Waals surface area (Å²) in [4.78, 5) is 23.8. The quantitative estimate of drug-likeness (QED) is 0.714. The SMILES string of the molecule is Cc1ccc2c(c1)N([C@@H](C)C(=O)[O-])C(=O)CO2. The minimum absolute atomic E-state index is 0.145. The van der Waals surface area contributed by atoms with Gasteiger partial charge in [0.15, 0.2) is 6.61 Å². The Labute approximate surface area is 98.6 Å². The highest BCUT2D eigenvalue weighted by Gasteiger charge is 2.29. The van der Waals surface area contributed by atoms with Crippen LogP contribution in [0.15, 0.2) is 18.2 Å². The molecule has 0 N–H and O–H groups in total. The smallest absolute Gasteiger partial charge is 0.265 e. The molecule has 17 heavy (non-hydrogen) atoms. The Kier molecular flexibility index (Phi) is 2.75. The third-order valence-corrected chi connectivity index (χ3v) is 2.72. The second kappa shape index (κ2) is 4.08. The van der Waals surface area contributed by atoms with Crippen LogP contribution in [-0.4, -0.2) is 24.5 Å².